The van der Waals surface area contributed by atoms with Gasteiger partial charge < -0.3 is 9.47 Å². The minimum Gasteiger partial charge on any atom is -0.350 e. The van der Waals surface area contributed by atoms with Crippen LogP contribution in [0.4, 0.5) is 0 Å². The van der Waals surface area contributed by atoms with E-state index < -0.39 is 0 Å². The van der Waals surface area contributed by atoms with E-state index in [-0.39, 0.29) is 29.8 Å². The van der Waals surface area contributed by atoms with Gasteiger partial charge in [-0.15, -0.1) is 0 Å². The Kier molecular flexibility index (Phi) is 6.15. The first kappa shape index (κ1) is 21.8. The van der Waals surface area contributed by atoms with Crippen LogP contribution in [0.2, 0.25) is 0 Å². The summed E-state index contributed by atoms with van der Waals surface area (Å²) >= 11 is 0. The third kappa shape index (κ3) is 4.99. The van der Waals surface area contributed by atoms with Gasteiger partial charge in [0.15, 0.2) is 0 Å². The fourth-order valence-corrected chi connectivity index (χ4v) is 3.66. The van der Waals surface area contributed by atoms with Gasteiger partial charge >= 0.3 is 0 Å². The van der Waals surface area contributed by atoms with Crippen LogP contribution in [0.15, 0.2) is 47.7 Å². The quantitative estimate of drug-likeness (QED) is 0.753. The first-order valence-electron chi connectivity index (χ1n) is 10.4. The number of aromatic nitrogens is 1. The third-order valence-corrected chi connectivity index (χ3v) is 5.35. The van der Waals surface area contributed by atoms with Crippen LogP contribution >= 0.6 is 0 Å². The third-order valence-electron chi connectivity index (χ3n) is 5.35. The van der Waals surface area contributed by atoms with Gasteiger partial charge in [-0.3, -0.25) is 9.59 Å². The standard InChI is InChI=1S/C24H32N4O2/c1-17-9-11-18(12-10-17)21-14-19(20-8-7-13-26(20)5)25-28(21)23(30)16-27(6)22(29)15-24(2,3)4/h7-13,21H,14-16H2,1-6H3/t21-/m0/s1. The highest BCUT2D eigenvalue weighted by atomic mass is 16.2. The number of benzene rings is 1. The van der Waals surface area contributed by atoms with Crippen molar-refractivity contribution in [3.05, 3.63) is 59.4 Å². The number of carbonyl (C=O) groups excluding carboxylic acids is 2. The summed E-state index contributed by atoms with van der Waals surface area (Å²) in [6, 6.07) is 12.0. The molecule has 2 amide bonds. The number of amides is 2. The molecule has 1 atom stereocenters. The molecule has 3 rings (SSSR count). The van der Waals surface area contributed by atoms with Gasteiger partial charge in [0.25, 0.3) is 5.91 Å². The van der Waals surface area contributed by atoms with Crippen molar-refractivity contribution in [1.29, 1.82) is 0 Å². The van der Waals surface area contributed by atoms with Crippen molar-refractivity contribution in [3.63, 3.8) is 0 Å². The average Bonchev–Trinajstić information content (AvgIpc) is 3.27. The van der Waals surface area contributed by atoms with E-state index in [0.29, 0.717) is 12.8 Å². The van der Waals surface area contributed by atoms with Crippen LogP contribution < -0.4 is 0 Å². The number of hydrogen-bond acceptors (Lipinski definition) is 3. The van der Waals surface area contributed by atoms with Crippen molar-refractivity contribution in [2.24, 2.45) is 17.6 Å². The van der Waals surface area contributed by atoms with E-state index in [1.165, 1.54) is 10.5 Å². The molecule has 0 unspecified atom stereocenters. The van der Waals surface area contributed by atoms with E-state index in [4.69, 9.17) is 5.10 Å². The fourth-order valence-electron chi connectivity index (χ4n) is 3.66. The van der Waals surface area contributed by atoms with Crippen LogP contribution in [0, 0.1) is 12.3 Å². The number of carbonyl (C=O) groups is 2. The zero-order chi connectivity index (χ0) is 22.1. The largest absolute Gasteiger partial charge is 0.350 e. The van der Waals surface area contributed by atoms with E-state index in [1.807, 2.05) is 57.6 Å². The van der Waals surface area contributed by atoms with E-state index in [2.05, 4.69) is 24.3 Å². The van der Waals surface area contributed by atoms with Crippen LogP contribution in [0.25, 0.3) is 0 Å². The lowest BCUT2D eigenvalue weighted by Crippen LogP contribution is -2.40. The molecule has 1 aromatic heterocycles. The Morgan fingerprint density at radius 1 is 1.17 bits per heavy atom. The number of likely N-dealkylation sites (N-methyl/N-ethyl adjacent to an activating group) is 1. The van der Waals surface area contributed by atoms with E-state index in [9.17, 15) is 9.59 Å². The molecule has 0 spiro atoms. The average molecular weight is 409 g/mol. The zero-order valence-corrected chi connectivity index (χ0v) is 18.8. The second-order valence-corrected chi connectivity index (χ2v) is 9.41. The van der Waals surface area contributed by atoms with Gasteiger partial charge in [0.2, 0.25) is 5.91 Å². The minimum atomic E-state index is -0.172. The zero-order valence-electron chi connectivity index (χ0n) is 18.8. The minimum absolute atomic E-state index is 0.0151. The normalized spacial score (nSPS) is 16.5. The van der Waals surface area contributed by atoms with Crippen LogP contribution in [-0.4, -0.2) is 45.6 Å². The molecule has 2 heterocycles. The van der Waals surface area contributed by atoms with E-state index >= 15 is 0 Å². The maximum atomic E-state index is 13.2. The molecule has 0 saturated carbocycles. The molecule has 1 aromatic carbocycles. The second-order valence-electron chi connectivity index (χ2n) is 9.41. The maximum Gasteiger partial charge on any atom is 0.262 e. The van der Waals surface area contributed by atoms with Gasteiger partial charge in [-0.05, 0) is 30.0 Å². The first-order valence-corrected chi connectivity index (χ1v) is 10.4. The van der Waals surface area contributed by atoms with E-state index in [0.717, 1.165) is 17.0 Å². The van der Waals surface area contributed by atoms with Crippen LogP contribution in [0.3, 0.4) is 0 Å². The topological polar surface area (TPSA) is 57.9 Å². The van der Waals surface area contributed by atoms with Crippen molar-refractivity contribution in [1.82, 2.24) is 14.5 Å². The van der Waals surface area contributed by atoms with E-state index in [1.54, 1.807) is 12.1 Å². The Labute approximate surface area is 179 Å². The SMILES string of the molecule is Cc1ccc([C@@H]2CC(c3cccn3C)=NN2C(=O)CN(C)C(=O)CC(C)(C)C)cc1. The Morgan fingerprint density at radius 2 is 1.83 bits per heavy atom. The van der Waals surface area contributed by atoms with Gasteiger partial charge in [0, 0.05) is 33.1 Å². The molecule has 0 bridgehead atoms. The lowest BCUT2D eigenvalue weighted by atomic mass is 9.92. The summed E-state index contributed by atoms with van der Waals surface area (Å²) in [5.74, 6) is -0.205. The Balaban J connectivity index is 1.84. The fraction of sp³-hybridized carbons (Fsp3) is 0.458. The van der Waals surface area contributed by atoms with Gasteiger partial charge in [0.05, 0.1) is 17.4 Å². The molecule has 160 valence electrons. The summed E-state index contributed by atoms with van der Waals surface area (Å²) in [7, 11) is 3.66. The second kappa shape index (κ2) is 8.46. The van der Waals surface area contributed by atoms with Gasteiger partial charge in [-0.2, -0.15) is 5.10 Å². The highest BCUT2D eigenvalue weighted by molar-refractivity contribution is 6.02. The van der Waals surface area contributed by atoms with Gasteiger partial charge in [-0.25, -0.2) is 5.01 Å². The summed E-state index contributed by atoms with van der Waals surface area (Å²) in [5, 5.41) is 6.26. The molecule has 0 N–H and O–H groups in total. The molecule has 30 heavy (non-hydrogen) atoms. The molecule has 2 aromatic rings. The molecular weight excluding hydrogens is 376 g/mol. The Hall–Kier alpha value is -2.89. The first-order chi connectivity index (χ1) is 14.0. The smallest absolute Gasteiger partial charge is 0.262 e. The summed E-state index contributed by atoms with van der Waals surface area (Å²) in [6.45, 7) is 8.12. The summed E-state index contributed by atoms with van der Waals surface area (Å²) in [6.07, 6.45) is 3.02. The molecular formula is C24H32N4O2. The molecule has 0 radical (unpaired) electrons. The molecule has 6 heteroatoms. The van der Waals surface area contributed by atoms with Crippen molar-refractivity contribution < 1.29 is 9.59 Å². The lowest BCUT2D eigenvalue weighted by molar-refractivity contribution is -0.141. The predicted molar refractivity (Wildman–Crippen MR) is 119 cm³/mol. The van der Waals surface area contributed by atoms with Crippen LogP contribution in [-0.2, 0) is 16.6 Å². The molecule has 1 aliphatic heterocycles. The predicted octanol–water partition coefficient (Wildman–Crippen LogP) is 3.91. The van der Waals surface area contributed by atoms with Gasteiger partial charge in [0.1, 0.15) is 6.54 Å². The van der Waals surface area contributed by atoms with Crippen molar-refractivity contribution >= 4 is 17.5 Å². The molecule has 1 aliphatic rings. The van der Waals surface area contributed by atoms with Gasteiger partial charge in [-0.1, -0.05) is 50.6 Å². The number of hydrogen-bond donors (Lipinski definition) is 0. The monoisotopic (exact) mass is 408 g/mol. The van der Waals surface area contributed by atoms with Crippen molar-refractivity contribution in [3.8, 4) is 0 Å². The molecule has 6 nitrogen and oxygen atoms in total. The highest BCUT2D eigenvalue weighted by Gasteiger charge is 2.34. The summed E-state index contributed by atoms with van der Waals surface area (Å²) < 4.78 is 2.01. The lowest BCUT2D eigenvalue weighted by Gasteiger charge is -2.26. The summed E-state index contributed by atoms with van der Waals surface area (Å²) in [5.41, 5.74) is 3.98. The Morgan fingerprint density at radius 3 is 2.40 bits per heavy atom. The number of rotatable bonds is 5. The molecule has 0 saturated heterocycles. The van der Waals surface area contributed by atoms with Crippen LogP contribution in [0.1, 0.15) is 56.5 Å². The number of hydrazone groups is 1. The Bertz CT molecular complexity index is 950. The van der Waals surface area contributed by atoms with Crippen LogP contribution in [0.5, 0.6) is 0 Å². The van der Waals surface area contributed by atoms with Crippen molar-refractivity contribution in [2.45, 2.75) is 46.6 Å². The summed E-state index contributed by atoms with van der Waals surface area (Å²) in [4.78, 5) is 27.2. The number of nitrogens with zero attached hydrogens (tertiary/aromatic N) is 4. The molecule has 0 aliphatic carbocycles. The van der Waals surface area contributed by atoms with Crippen molar-refractivity contribution in [2.75, 3.05) is 13.6 Å². The molecule has 0 fully saturated rings. The highest BCUT2D eigenvalue weighted by Crippen LogP contribution is 2.33. The number of aryl methyl sites for hydroxylation is 2. The maximum absolute atomic E-state index is 13.2.